The lowest BCUT2D eigenvalue weighted by Crippen LogP contribution is -2.15. The van der Waals surface area contributed by atoms with E-state index in [1.54, 1.807) is 54.7 Å². The zero-order chi connectivity index (χ0) is 25.3. The van der Waals surface area contributed by atoms with Gasteiger partial charge in [-0.1, -0.05) is 36.0 Å². The van der Waals surface area contributed by atoms with E-state index in [4.69, 9.17) is 9.47 Å². The number of hydrogen-bond acceptors (Lipinski definition) is 7. The molecule has 0 atom stereocenters. The fourth-order valence-electron chi connectivity index (χ4n) is 3.46. The molecule has 1 aromatic heterocycles. The summed E-state index contributed by atoms with van der Waals surface area (Å²) >= 11 is 3.34. The summed E-state index contributed by atoms with van der Waals surface area (Å²) in [4.78, 5) is 33.0. The first-order chi connectivity index (χ1) is 17.5. The van der Waals surface area contributed by atoms with Crippen molar-refractivity contribution in [2.24, 2.45) is 0 Å². The molecule has 4 rings (SSSR count). The zero-order valence-corrected chi connectivity index (χ0v) is 21.7. The largest absolute Gasteiger partial charge is 0.462 e. The average molecular weight is 522 g/mol. The van der Waals surface area contributed by atoms with Crippen molar-refractivity contribution in [1.29, 1.82) is 0 Å². The summed E-state index contributed by atoms with van der Waals surface area (Å²) in [5.74, 6) is 1.06. The maximum atomic E-state index is 12.1. The molecule has 36 heavy (non-hydrogen) atoms. The fraction of sp³-hybridized carbons (Fsp3) is 0.222. The lowest BCUT2D eigenvalue weighted by Gasteiger charge is -2.11. The van der Waals surface area contributed by atoms with Gasteiger partial charge in [-0.25, -0.2) is 14.6 Å². The summed E-state index contributed by atoms with van der Waals surface area (Å²) in [5, 5.41) is 3.57. The predicted molar refractivity (Wildman–Crippen MR) is 145 cm³/mol. The van der Waals surface area contributed by atoms with Crippen molar-refractivity contribution in [3.05, 3.63) is 83.4 Å². The van der Waals surface area contributed by atoms with Gasteiger partial charge in [0.05, 0.1) is 23.2 Å². The number of carbonyl (C=O) groups is 2. The fourth-order valence-corrected chi connectivity index (χ4v) is 5.32. The van der Waals surface area contributed by atoms with Gasteiger partial charge in [0, 0.05) is 22.1 Å². The molecule has 2 N–H and O–H groups in total. The lowest BCUT2D eigenvalue weighted by atomic mass is 10.1. The molecule has 1 amide bonds. The van der Waals surface area contributed by atoms with E-state index in [0.717, 1.165) is 26.8 Å². The van der Waals surface area contributed by atoms with Crippen LogP contribution in [0.5, 0.6) is 0 Å². The monoisotopic (exact) mass is 521 g/mol. The van der Waals surface area contributed by atoms with Gasteiger partial charge < -0.3 is 14.5 Å². The number of thioether (sulfide) groups is 2. The van der Waals surface area contributed by atoms with Gasteiger partial charge in [-0.05, 0) is 67.4 Å². The number of benzene rings is 3. The summed E-state index contributed by atoms with van der Waals surface area (Å²) in [6.07, 6.45) is -0.535. The molecule has 9 heteroatoms. The maximum absolute atomic E-state index is 12.1. The van der Waals surface area contributed by atoms with Crippen molar-refractivity contribution in [3.8, 4) is 0 Å². The Morgan fingerprint density at radius 3 is 2.56 bits per heavy atom. The Bertz CT molecular complexity index is 1310. The summed E-state index contributed by atoms with van der Waals surface area (Å²) in [7, 11) is 0. The van der Waals surface area contributed by atoms with E-state index in [9.17, 15) is 9.59 Å². The number of nitrogens with zero attached hydrogens (tertiary/aromatic N) is 1. The second-order valence-corrected chi connectivity index (χ2v) is 9.90. The molecule has 0 aliphatic heterocycles. The van der Waals surface area contributed by atoms with E-state index in [2.05, 4.69) is 40.4 Å². The van der Waals surface area contributed by atoms with Crippen LogP contribution in [0.3, 0.4) is 0 Å². The number of aromatic nitrogens is 2. The van der Waals surface area contributed by atoms with Gasteiger partial charge in [0.1, 0.15) is 6.61 Å². The molecular weight excluding hydrogens is 494 g/mol. The van der Waals surface area contributed by atoms with E-state index >= 15 is 0 Å². The van der Waals surface area contributed by atoms with Gasteiger partial charge in [-0.15, -0.1) is 11.8 Å². The van der Waals surface area contributed by atoms with Gasteiger partial charge in [0.25, 0.3) is 0 Å². The first-order valence-corrected chi connectivity index (χ1v) is 13.5. The summed E-state index contributed by atoms with van der Waals surface area (Å²) < 4.78 is 10.3. The molecular formula is C27H27N3O4S2. The second-order valence-electron chi connectivity index (χ2n) is 7.80. The number of hydrogen-bond donors (Lipinski definition) is 2. The molecule has 0 saturated carbocycles. The highest BCUT2D eigenvalue weighted by Gasteiger charge is 2.10. The number of fused-ring (bicyclic) bond motifs is 1. The molecule has 1 heterocycles. The van der Waals surface area contributed by atoms with Crippen molar-refractivity contribution >= 4 is 52.3 Å². The Balaban J connectivity index is 1.22. The standard InChI is InChI=1S/C27H27N3O4S2/c1-3-33-25(31)19-11-13-21(14-12-19)28-27(32)34-15-16-35-24-10-6-7-20(18(24)2)17-36-26-29-22-8-4-5-9-23(22)30-26/h4-14H,3,15-17H2,1-2H3,(H,28,32)(H,29,30). The zero-order valence-electron chi connectivity index (χ0n) is 20.1. The topological polar surface area (TPSA) is 93.3 Å². The molecule has 0 unspecified atom stereocenters. The molecule has 0 aliphatic carbocycles. The molecule has 3 aromatic carbocycles. The van der Waals surface area contributed by atoms with Crippen LogP contribution in [0, 0.1) is 6.92 Å². The number of H-pyrrole nitrogens is 1. The summed E-state index contributed by atoms with van der Waals surface area (Å²) in [6, 6.07) is 20.8. The van der Waals surface area contributed by atoms with Crippen molar-refractivity contribution in [3.63, 3.8) is 0 Å². The average Bonchev–Trinajstić information content (AvgIpc) is 3.30. The molecule has 0 fully saturated rings. The summed E-state index contributed by atoms with van der Waals surface area (Å²) in [6.45, 7) is 4.46. The van der Waals surface area contributed by atoms with Crippen LogP contribution >= 0.6 is 23.5 Å². The van der Waals surface area contributed by atoms with E-state index in [0.29, 0.717) is 23.6 Å². The first kappa shape index (κ1) is 25.7. The minimum atomic E-state index is -0.535. The number of imidazole rings is 1. The smallest absolute Gasteiger partial charge is 0.411 e. The molecule has 0 bridgehead atoms. The van der Waals surface area contributed by atoms with Crippen LogP contribution in [-0.4, -0.2) is 41.0 Å². The SMILES string of the molecule is CCOC(=O)c1ccc(NC(=O)OCCSc2cccc(CSc3nc4ccccc4[nH]3)c2C)cc1. The third-order valence-corrected chi connectivity index (χ3v) is 7.39. The van der Waals surface area contributed by atoms with Gasteiger partial charge in [0.15, 0.2) is 5.16 Å². The van der Waals surface area contributed by atoms with Gasteiger partial charge in [-0.3, -0.25) is 5.32 Å². The van der Waals surface area contributed by atoms with Gasteiger partial charge in [0.2, 0.25) is 0 Å². The predicted octanol–water partition coefficient (Wildman–Crippen LogP) is 6.68. The lowest BCUT2D eigenvalue weighted by molar-refractivity contribution is 0.0526. The van der Waals surface area contributed by atoms with Gasteiger partial charge >= 0.3 is 12.1 Å². The highest BCUT2D eigenvalue weighted by atomic mass is 32.2. The first-order valence-electron chi connectivity index (χ1n) is 11.5. The van der Waals surface area contributed by atoms with Crippen LogP contribution in [0.1, 0.15) is 28.4 Å². The minimum Gasteiger partial charge on any atom is -0.462 e. The Morgan fingerprint density at radius 2 is 1.78 bits per heavy atom. The van der Waals surface area contributed by atoms with Crippen LogP contribution in [0.15, 0.2) is 76.8 Å². The molecule has 0 saturated heterocycles. The van der Waals surface area contributed by atoms with Gasteiger partial charge in [-0.2, -0.15) is 0 Å². The number of nitrogens with one attached hydrogen (secondary N) is 2. The quantitative estimate of drug-likeness (QED) is 0.137. The number of esters is 1. The van der Waals surface area contributed by atoms with Crippen LogP contribution in [-0.2, 0) is 15.2 Å². The molecule has 7 nitrogen and oxygen atoms in total. The van der Waals surface area contributed by atoms with Crippen molar-refractivity contribution in [2.45, 2.75) is 29.7 Å². The van der Waals surface area contributed by atoms with Crippen molar-refractivity contribution < 1.29 is 19.1 Å². The maximum Gasteiger partial charge on any atom is 0.411 e. The number of amides is 1. The van der Waals surface area contributed by atoms with E-state index in [-0.39, 0.29) is 6.61 Å². The van der Waals surface area contributed by atoms with Crippen LogP contribution in [0.4, 0.5) is 10.5 Å². The number of para-hydroxylation sites is 2. The summed E-state index contributed by atoms with van der Waals surface area (Å²) in [5.41, 5.74) is 5.46. The number of rotatable bonds is 10. The van der Waals surface area contributed by atoms with Crippen LogP contribution in [0.25, 0.3) is 11.0 Å². The third kappa shape index (κ3) is 6.83. The Hall–Kier alpha value is -3.43. The molecule has 0 aliphatic rings. The highest BCUT2D eigenvalue weighted by Crippen LogP contribution is 2.29. The molecule has 0 radical (unpaired) electrons. The van der Waals surface area contributed by atoms with Crippen LogP contribution < -0.4 is 5.32 Å². The number of aromatic amines is 1. The number of anilines is 1. The van der Waals surface area contributed by atoms with Crippen molar-refractivity contribution in [2.75, 3.05) is 24.3 Å². The Labute approximate surface area is 218 Å². The Kier molecular flexibility index (Phi) is 8.91. The van der Waals surface area contributed by atoms with Crippen LogP contribution in [0.2, 0.25) is 0 Å². The second kappa shape index (κ2) is 12.5. The highest BCUT2D eigenvalue weighted by molar-refractivity contribution is 7.99. The van der Waals surface area contributed by atoms with E-state index in [1.165, 1.54) is 11.1 Å². The molecule has 4 aromatic rings. The number of carbonyl (C=O) groups excluding carboxylic acids is 2. The normalized spacial score (nSPS) is 10.8. The molecule has 186 valence electrons. The van der Waals surface area contributed by atoms with E-state index in [1.807, 2.05) is 24.3 Å². The number of ether oxygens (including phenoxy) is 2. The van der Waals surface area contributed by atoms with E-state index < -0.39 is 12.1 Å². The third-order valence-electron chi connectivity index (χ3n) is 5.34. The minimum absolute atomic E-state index is 0.273. The van der Waals surface area contributed by atoms with Crippen molar-refractivity contribution in [1.82, 2.24) is 9.97 Å². The Morgan fingerprint density at radius 1 is 0.972 bits per heavy atom. The molecule has 0 spiro atoms.